The van der Waals surface area contributed by atoms with E-state index in [2.05, 4.69) is 14.8 Å². The number of carbonyl (C=O) groups excluding carboxylic acids is 3. The van der Waals surface area contributed by atoms with Gasteiger partial charge in [0.05, 0.1) is 0 Å². The van der Waals surface area contributed by atoms with Crippen molar-refractivity contribution in [2.75, 3.05) is 6.54 Å². The Morgan fingerprint density at radius 3 is 2.65 bits per heavy atom. The van der Waals surface area contributed by atoms with Gasteiger partial charge < -0.3 is 19.5 Å². The van der Waals surface area contributed by atoms with Gasteiger partial charge in [0.15, 0.2) is 0 Å². The zero-order chi connectivity index (χ0) is 14.8. The molecule has 20 heavy (non-hydrogen) atoms. The lowest BCUT2D eigenvalue weighted by Gasteiger charge is -2.11. The minimum absolute atomic E-state index is 0.126. The second-order valence-electron chi connectivity index (χ2n) is 3.71. The molecule has 1 N–H and O–H groups in total. The first-order valence-corrected chi connectivity index (χ1v) is 5.85. The van der Waals surface area contributed by atoms with Crippen molar-refractivity contribution in [3.63, 3.8) is 0 Å². The highest BCUT2D eigenvalue weighted by Crippen LogP contribution is 2.00. The van der Waals surface area contributed by atoms with E-state index < -0.39 is 18.4 Å². The second kappa shape index (κ2) is 8.52. The van der Waals surface area contributed by atoms with E-state index in [0.717, 1.165) is 5.56 Å². The van der Waals surface area contributed by atoms with E-state index in [1.807, 2.05) is 30.3 Å². The largest absolute Gasteiger partial charge is 0.460 e. The number of hydrogen-bond acceptors (Lipinski definition) is 6. The van der Waals surface area contributed by atoms with Gasteiger partial charge in [-0.3, -0.25) is 9.59 Å². The van der Waals surface area contributed by atoms with Crippen molar-refractivity contribution in [2.24, 2.45) is 0 Å². The van der Waals surface area contributed by atoms with Crippen molar-refractivity contribution in [2.45, 2.75) is 19.8 Å². The van der Waals surface area contributed by atoms with Gasteiger partial charge in [-0.25, -0.2) is 4.79 Å². The molecule has 108 valence electrons. The molecular formula is C13H15NO6. The Labute approximate surface area is 115 Å². The summed E-state index contributed by atoms with van der Waals surface area (Å²) >= 11 is 0. The van der Waals surface area contributed by atoms with Gasteiger partial charge in [-0.1, -0.05) is 30.3 Å². The molecule has 1 amide bonds. The average molecular weight is 281 g/mol. The van der Waals surface area contributed by atoms with Crippen molar-refractivity contribution in [1.82, 2.24) is 5.32 Å². The van der Waals surface area contributed by atoms with Gasteiger partial charge in [-0.2, -0.15) is 0 Å². The number of carbonyl (C=O) groups is 3. The number of alkyl carbamates (subject to hydrolysis) is 1. The van der Waals surface area contributed by atoms with Gasteiger partial charge >= 0.3 is 12.1 Å². The lowest BCUT2D eigenvalue weighted by molar-refractivity contribution is -0.150. The number of benzene rings is 1. The molecule has 0 aromatic heterocycles. The van der Waals surface area contributed by atoms with Crippen LogP contribution in [0, 0.1) is 0 Å². The lowest BCUT2D eigenvalue weighted by atomic mass is 10.2. The second-order valence-corrected chi connectivity index (χ2v) is 3.71. The first-order valence-electron chi connectivity index (χ1n) is 5.85. The van der Waals surface area contributed by atoms with Gasteiger partial charge in [-0.05, 0) is 5.56 Å². The predicted octanol–water partition coefficient (Wildman–Crippen LogP) is 0.975. The fraction of sp³-hybridized carbons (Fsp3) is 0.308. The lowest BCUT2D eigenvalue weighted by Crippen LogP contribution is -2.33. The first-order chi connectivity index (χ1) is 9.61. The zero-order valence-corrected chi connectivity index (χ0v) is 10.9. The number of amides is 1. The van der Waals surface area contributed by atoms with Crippen molar-refractivity contribution < 1.29 is 28.6 Å². The molecule has 1 aromatic rings. The van der Waals surface area contributed by atoms with Gasteiger partial charge in [0.2, 0.25) is 6.29 Å². The maximum Gasteiger partial charge on any atom is 0.410 e. The summed E-state index contributed by atoms with van der Waals surface area (Å²) in [6, 6.07) is 9.13. The normalized spacial score (nSPS) is 11.1. The van der Waals surface area contributed by atoms with Crippen molar-refractivity contribution in [3.8, 4) is 0 Å². The molecule has 1 rings (SSSR count). The summed E-state index contributed by atoms with van der Waals surface area (Å²) in [7, 11) is 0. The molecule has 0 fully saturated rings. The van der Waals surface area contributed by atoms with Crippen LogP contribution in [0.3, 0.4) is 0 Å². The fourth-order valence-corrected chi connectivity index (χ4v) is 1.23. The summed E-state index contributed by atoms with van der Waals surface area (Å²) in [5.74, 6) is -0.602. The summed E-state index contributed by atoms with van der Waals surface area (Å²) < 4.78 is 13.9. The Morgan fingerprint density at radius 1 is 1.30 bits per heavy atom. The Hall–Kier alpha value is -2.57. The van der Waals surface area contributed by atoms with Gasteiger partial charge in [0, 0.05) is 6.92 Å². The number of nitrogens with one attached hydrogen (secondary N) is 1. The highest BCUT2D eigenvalue weighted by molar-refractivity contribution is 5.77. The molecule has 0 spiro atoms. The molecule has 0 aliphatic carbocycles. The van der Waals surface area contributed by atoms with Crippen molar-refractivity contribution >= 4 is 18.5 Å². The SMILES string of the molecule is CC(OC=O)OC(=O)NCC(=O)OCc1ccccc1. The van der Waals surface area contributed by atoms with E-state index in [-0.39, 0.29) is 19.6 Å². The predicted molar refractivity (Wildman–Crippen MR) is 67.3 cm³/mol. The van der Waals surface area contributed by atoms with Gasteiger partial charge in [0.1, 0.15) is 13.2 Å². The van der Waals surface area contributed by atoms with E-state index >= 15 is 0 Å². The Bertz CT molecular complexity index is 447. The minimum Gasteiger partial charge on any atom is -0.460 e. The van der Waals surface area contributed by atoms with Crippen LogP contribution in [0.2, 0.25) is 0 Å². The molecule has 7 nitrogen and oxygen atoms in total. The Kier molecular flexibility index (Phi) is 6.60. The molecule has 1 atom stereocenters. The molecule has 0 radical (unpaired) electrons. The molecule has 0 bridgehead atoms. The smallest absolute Gasteiger partial charge is 0.410 e. The topological polar surface area (TPSA) is 90.9 Å². The molecule has 1 unspecified atom stereocenters. The third-order valence-corrected chi connectivity index (χ3v) is 2.14. The maximum absolute atomic E-state index is 11.4. The number of ether oxygens (including phenoxy) is 3. The minimum atomic E-state index is -1.02. The molecule has 0 aliphatic heterocycles. The third-order valence-electron chi connectivity index (χ3n) is 2.14. The van der Waals surface area contributed by atoms with Crippen molar-refractivity contribution in [1.29, 1.82) is 0 Å². The standard InChI is InChI=1S/C13H15NO6/c1-10(19-9-15)20-13(17)14-7-12(16)18-8-11-5-3-2-4-6-11/h2-6,9-10H,7-8H2,1H3,(H,14,17). The zero-order valence-electron chi connectivity index (χ0n) is 10.9. The van der Waals surface area contributed by atoms with E-state index in [4.69, 9.17) is 4.74 Å². The van der Waals surface area contributed by atoms with E-state index in [9.17, 15) is 14.4 Å². The molecule has 0 saturated carbocycles. The summed E-state index contributed by atoms with van der Waals surface area (Å²) in [6.07, 6.45) is -1.90. The quantitative estimate of drug-likeness (QED) is 0.455. The molecule has 0 heterocycles. The van der Waals surface area contributed by atoms with Crippen LogP contribution in [0.4, 0.5) is 4.79 Å². The van der Waals surface area contributed by atoms with Crippen LogP contribution in [0.1, 0.15) is 12.5 Å². The number of hydrogen-bond donors (Lipinski definition) is 1. The van der Waals surface area contributed by atoms with Crippen LogP contribution in [0.15, 0.2) is 30.3 Å². The van der Waals surface area contributed by atoms with E-state index in [0.29, 0.717) is 0 Å². The molecular weight excluding hydrogens is 266 g/mol. The highest BCUT2D eigenvalue weighted by atomic mass is 16.7. The Balaban J connectivity index is 2.19. The van der Waals surface area contributed by atoms with E-state index in [1.165, 1.54) is 6.92 Å². The molecule has 0 aliphatic rings. The Morgan fingerprint density at radius 2 is 2.00 bits per heavy atom. The van der Waals surface area contributed by atoms with Crippen LogP contribution in [0.5, 0.6) is 0 Å². The number of esters is 1. The van der Waals surface area contributed by atoms with Crippen LogP contribution < -0.4 is 5.32 Å². The van der Waals surface area contributed by atoms with Gasteiger partial charge in [-0.15, -0.1) is 0 Å². The molecule has 0 saturated heterocycles. The number of rotatable bonds is 7. The average Bonchev–Trinajstić information content (AvgIpc) is 2.44. The highest BCUT2D eigenvalue weighted by Gasteiger charge is 2.11. The first kappa shape index (κ1) is 15.5. The fourth-order valence-electron chi connectivity index (χ4n) is 1.23. The molecule has 7 heteroatoms. The molecule has 1 aromatic carbocycles. The van der Waals surface area contributed by atoms with Crippen LogP contribution in [-0.4, -0.2) is 31.4 Å². The summed E-state index contributed by atoms with van der Waals surface area (Å²) in [6.45, 7) is 1.31. The summed E-state index contributed by atoms with van der Waals surface area (Å²) in [4.78, 5) is 32.5. The van der Waals surface area contributed by atoms with E-state index in [1.54, 1.807) is 0 Å². The maximum atomic E-state index is 11.4. The van der Waals surface area contributed by atoms with Crippen LogP contribution in [0.25, 0.3) is 0 Å². The third kappa shape index (κ3) is 6.39. The van der Waals surface area contributed by atoms with Gasteiger partial charge in [0.25, 0.3) is 6.47 Å². The monoisotopic (exact) mass is 281 g/mol. The van der Waals surface area contributed by atoms with Crippen LogP contribution >= 0.6 is 0 Å². The summed E-state index contributed by atoms with van der Waals surface area (Å²) in [5.41, 5.74) is 0.844. The summed E-state index contributed by atoms with van der Waals surface area (Å²) in [5, 5.41) is 2.18. The van der Waals surface area contributed by atoms with Crippen molar-refractivity contribution in [3.05, 3.63) is 35.9 Å². The van der Waals surface area contributed by atoms with Crippen LogP contribution in [-0.2, 0) is 30.4 Å².